The zero-order chi connectivity index (χ0) is 16.1. The van der Waals surface area contributed by atoms with E-state index in [9.17, 15) is 4.79 Å². The summed E-state index contributed by atoms with van der Waals surface area (Å²) in [5, 5.41) is 4.02. The summed E-state index contributed by atoms with van der Waals surface area (Å²) in [6, 6.07) is 9.68. The van der Waals surface area contributed by atoms with Crippen molar-refractivity contribution in [2.75, 3.05) is 20.2 Å². The number of aryl methyl sites for hydroxylation is 1. The van der Waals surface area contributed by atoms with Crippen molar-refractivity contribution in [1.29, 1.82) is 0 Å². The third-order valence-corrected chi connectivity index (χ3v) is 4.17. The normalized spacial score (nSPS) is 18.2. The van der Waals surface area contributed by atoms with Crippen LogP contribution in [-0.2, 0) is 16.0 Å². The zero-order valence-electron chi connectivity index (χ0n) is 13.3. The first-order valence-electron chi connectivity index (χ1n) is 7.98. The van der Waals surface area contributed by atoms with Crippen LogP contribution < -0.4 is 0 Å². The van der Waals surface area contributed by atoms with E-state index in [-0.39, 0.29) is 12.0 Å². The highest BCUT2D eigenvalue weighted by atomic mass is 16.5. The second-order valence-electron chi connectivity index (χ2n) is 5.70. The molecule has 1 unspecified atom stereocenters. The van der Waals surface area contributed by atoms with E-state index in [0.717, 1.165) is 37.9 Å². The van der Waals surface area contributed by atoms with E-state index in [1.54, 1.807) is 0 Å². The van der Waals surface area contributed by atoms with Crippen molar-refractivity contribution in [3.8, 4) is 11.4 Å². The van der Waals surface area contributed by atoms with Crippen molar-refractivity contribution in [3.05, 3.63) is 36.2 Å². The highest BCUT2D eigenvalue weighted by Gasteiger charge is 2.30. The molecule has 6 nitrogen and oxygen atoms in total. The standard InChI is InChI=1S/C17H21N3O3/c1-22-17(21)14-9-5-11-20(14)12-6-10-15-18-16(19-23-15)13-7-3-2-4-8-13/h2-4,7-8,14H,5-6,9-12H2,1H3. The number of likely N-dealkylation sites (tertiary alicyclic amines) is 1. The van der Waals surface area contributed by atoms with Gasteiger partial charge in [-0.1, -0.05) is 35.5 Å². The van der Waals surface area contributed by atoms with Gasteiger partial charge in [-0.05, 0) is 32.4 Å². The summed E-state index contributed by atoms with van der Waals surface area (Å²) in [6.07, 6.45) is 3.51. The van der Waals surface area contributed by atoms with E-state index >= 15 is 0 Å². The van der Waals surface area contributed by atoms with E-state index in [1.807, 2.05) is 30.3 Å². The molecular formula is C17H21N3O3. The fourth-order valence-electron chi connectivity index (χ4n) is 2.99. The minimum absolute atomic E-state index is 0.0948. The Morgan fingerprint density at radius 3 is 3.00 bits per heavy atom. The Bertz CT molecular complexity index is 642. The maximum atomic E-state index is 11.7. The van der Waals surface area contributed by atoms with Gasteiger partial charge in [0.1, 0.15) is 6.04 Å². The second kappa shape index (κ2) is 7.37. The average Bonchev–Trinajstić information content (AvgIpc) is 3.24. The van der Waals surface area contributed by atoms with E-state index < -0.39 is 0 Å². The van der Waals surface area contributed by atoms with Crippen molar-refractivity contribution in [2.45, 2.75) is 31.7 Å². The fraction of sp³-hybridized carbons (Fsp3) is 0.471. The van der Waals surface area contributed by atoms with Gasteiger partial charge < -0.3 is 9.26 Å². The molecule has 1 aromatic carbocycles. The number of aromatic nitrogens is 2. The number of benzene rings is 1. The fourth-order valence-corrected chi connectivity index (χ4v) is 2.99. The van der Waals surface area contributed by atoms with Gasteiger partial charge in [0.05, 0.1) is 7.11 Å². The number of rotatable bonds is 6. The Balaban J connectivity index is 1.51. The van der Waals surface area contributed by atoms with Crippen molar-refractivity contribution in [1.82, 2.24) is 15.0 Å². The van der Waals surface area contributed by atoms with Crippen molar-refractivity contribution in [2.24, 2.45) is 0 Å². The molecule has 2 aromatic rings. The Hall–Kier alpha value is -2.21. The van der Waals surface area contributed by atoms with Gasteiger partial charge >= 0.3 is 5.97 Å². The highest BCUT2D eigenvalue weighted by molar-refractivity contribution is 5.75. The summed E-state index contributed by atoms with van der Waals surface area (Å²) in [5.41, 5.74) is 0.952. The van der Waals surface area contributed by atoms with Crippen LogP contribution in [0.25, 0.3) is 11.4 Å². The van der Waals surface area contributed by atoms with Gasteiger partial charge in [-0.3, -0.25) is 9.69 Å². The lowest BCUT2D eigenvalue weighted by Crippen LogP contribution is -2.37. The number of methoxy groups -OCH3 is 1. The molecule has 1 fully saturated rings. The number of nitrogens with zero attached hydrogens (tertiary/aromatic N) is 3. The minimum Gasteiger partial charge on any atom is -0.468 e. The average molecular weight is 315 g/mol. The maximum Gasteiger partial charge on any atom is 0.323 e. The lowest BCUT2D eigenvalue weighted by molar-refractivity contribution is -0.145. The Morgan fingerprint density at radius 2 is 2.22 bits per heavy atom. The predicted octanol–water partition coefficient (Wildman–Crippen LogP) is 2.31. The molecule has 1 aromatic heterocycles. The first kappa shape index (κ1) is 15.7. The Labute approximate surface area is 135 Å². The van der Waals surface area contributed by atoms with Crippen LogP contribution in [-0.4, -0.2) is 47.3 Å². The van der Waals surface area contributed by atoms with Crippen molar-refractivity contribution in [3.63, 3.8) is 0 Å². The number of carbonyl (C=O) groups is 1. The lowest BCUT2D eigenvalue weighted by Gasteiger charge is -2.21. The van der Waals surface area contributed by atoms with Crippen LogP contribution in [0, 0.1) is 0 Å². The molecule has 122 valence electrons. The first-order chi connectivity index (χ1) is 11.3. The second-order valence-corrected chi connectivity index (χ2v) is 5.70. The van der Waals surface area contributed by atoms with E-state index in [0.29, 0.717) is 18.1 Å². The van der Waals surface area contributed by atoms with Gasteiger partial charge in [0.2, 0.25) is 11.7 Å². The molecule has 6 heteroatoms. The summed E-state index contributed by atoms with van der Waals surface area (Å²) in [4.78, 5) is 18.3. The third-order valence-electron chi connectivity index (χ3n) is 4.17. The van der Waals surface area contributed by atoms with Crippen molar-refractivity contribution < 1.29 is 14.1 Å². The van der Waals surface area contributed by atoms with Crippen LogP contribution in [0.3, 0.4) is 0 Å². The molecule has 3 rings (SSSR count). The summed E-state index contributed by atoms with van der Waals surface area (Å²) < 4.78 is 10.2. The maximum absolute atomic E-state index is 11.7. The molecular weight excluding hydrogens is 294 g/mol. The number of ether oxygens (including phenoxy) is 1. The van der Waals surface area contributed by atoms with Gasteiger partial charge in [-0.2, -0.15) is 4.98 Å². The van der Waals surface area contributed by atoms with E-state index in [2.05, 4.69) is 15.0 Å². The van der Waals surface area contributed by atoms with Gasteiger partial charge in [0.25, 0.3) is 0 Å². The molecule has 1 saturated heterocycles. The summed E-state index contributed by atoms with van der Waals surface area (Å²) in [7, 11) is 1.45. The first-order valence-corrected chi connectivity index (χ1v) is 7.98. The smallest absolute Gasteiger partial charge is 0.323 e. The van der Waals surface area contributed by atoms with E-state index in [4.69, 9.17) is 9.26 Å². The molecule has 0 bridgehead atoms. The SMILES string of the molecule is COC(=O)C1CCCN1CCCc1nc(-c2ccccc2)no1. The molecule has 0 N–H and O–H groups in total. The van der Waals surface area contributed by atoms with Gasteiger partial charge in [-0.25, -0.2) is 0 Å². The van der Waals surface area contributed by atoms with Gasteiger partial charge in [0, 0.05) is 12.0 Å². The number of hydrogen-bond donors (Lipinski definition) is 0. The van der Waals surface area contributed by atoms with Crippen LogP contribution >= 0.6 is 0 Å². The van der Waals surface area contributed by atoms with Crippen LogP contribution in [0.15, 0.2) is 34.9 Å². The molecule has 0 spiro atoms. The topological polar surface area (TPSA) is 68.5 Å². The Morgan fingerprint density at radius 1 is 1.39 bits per heavy atom. The van der Waals surface area contributed by atoms with Gasteiger partial charge in [0.15, 0.2) is 0 Å². The summed E-state index contributed by atoms with van der Waals surface area (Å²) in [5.74, 6) is 1.12. The highest BCUT2D eigenvalue weighted by Crippen LogP contribution is 2.19. The lowest BCUT2D eigenvalue weighted by atomic mass is 10.2. The molecule has 1 atom stereocenters. The zero-order valence-corrected chi connectivity index (χ0v) is 13.3. The monoisotopic (exact) mass is 315 g/mol. The molecule has 0 radical (unpaired) electrons. The number of carbonyl (C=O) groups excluding carboxylic acids is 1. The van der Waals surface area contributed by atoms with Crippen molar-refractivity contribution >= 4 is 5.97 Å². The summed E-state index contributed by atoms with van der Waals surface area (Å²) >= 11 is 0. The molecule has 2 heterocycles. The Kier molecular flexibility index (Phi) is 5.02. The molecule has 1 aliphatic heterocycles. The molecule has 1 aliphatic rings. The van der Waals surface area contributed by atoms with Crippen LogP contribution in [0.5, 0.6) is 0 Å². The predicted molar refractivity (Wildman–Crippen MR) is 84.7 cm³/mol. The summed E-state index contributed by atoms with van der Waals surface area (Å²) in [6.45, 7) is 1.78. The van der Waals surface area contributed by atoms with E-state index in [1.165, 1.54) is 7.11 Å². The molecule has 0 amide bonds. The quantitative estimate of drug-likeness (QED) is 0.762. The van der Waals surface area contributed by atoms with Crippen LogP contribution in [0.1, 0.15) is 25.2 Å². The third kappa shape index (κ3) is 3.76. The number of esters is 1. The minimum atomic E-state index is -0.133. The van der Waals surface area contributed by atoms with Gasteiger partial charge in [-0.15, -0.1) is 0 Å². The molecule has 23 heavy (non-hydrogen) atoms. The molecule has 0 saturated carbocycles. The van der Waals surface area contributed by atoms with Crippen LogP contribution in [0.2, 0.25) is 0 Å². The largest absolute Gasteiger partial charge is 0.468 e. The molecule has 0 aliphatic carbocycles. The van der Waals surface area contributed by atoms with Crippen LogP contribution in [0.4, 0.5) is 0 Å². The number of hydrogen-bond acceptors (Lipinski definition) is 6.